The van der Waals surface area contributed by atoms with Crippen molar-refractivity contribution in [2.24, 2.45) is 5.73 Å². The van der Waals surface area contributed by atoms with Crippen LogP contribution in [0.2, 0.25) is 0 Å². The molecule has 120 valence electrons. The first-order chi connectivity index (χ1) is 10.0. The number of aryl methyl sites for hydroxylation is 1. The largest absolute Gasteiger partial charge is 0.453 e. The summed E-state index contributed by atoms with van der Waals surface area (Å²) in [4.78, 5) is 3.76. The Morgan fingerprint density at radius 2 is 1.86 bits per heavy atom. The molecule has 2 heterocycles. The van der Waals surface area contributed by atoms with Gasteiger partial charge in [0.15, 0.2) is 0 Å². The highest BCUT2D eigenvalue weighted by molar-refractivity contribution is 5.99. The van der Waals surface area contributed by atoms with Crippen molar-refractivity contribution >= 4 is 11.4 Å². The van der Waals surface area contributed by atoms with Crippen molar-refractivity contribution in [3.63, 3.8) is 0 Å². The molecular formula is C12H10F6N4. The molecule has 0 saturated carbocycles. The Balaban J connectivity index is 2.40. The van der Waals surface area contributed by atoms with Gasteiger partial charge in [-0.1, -0.05) is 0 Å². The topological polar surface area (TPSA) is 67.2 Å². The number of nitrogen functional groups attached to an aromatic ring is 1. The Bertz CT molecular complexity index is 718. The van der Waals surface area contributed by atoms with Gasteiger partial charge in [0.25, 0.3) is 0 Å². The van der Waals surface area contributed by atoms with Crippen LogP contribution < -0.4 is 5.73 Å². The number of rotatable bonds is 4. The number of nitrogens with zero attached hydrogens (tertiary/aromatic N) is 2. The molecule has 4 nitrogen and oxygen atoms in total. The Morgan fingerprint density at radius 3 is 2.41 bits per heavy atom. The molecule has 0 unspecified atom stereocenters. The van der Waals surface area contributed by atoms with Crippen LogP contribution in [0.3, 0.4) is 0 Å². The maximum absolute atomic E-state index is 13.2. The van der Waals surface area contributed by atoms with Gasteiger partial charge < -0.3 is 10.1 Å². The number of nitrogens with two attached hydrogens (primary N) is 1. The molecule has 0 aliphatic rings. The Labute approximate surface area is 120 Å². The van der Waals surface area contributed by atoms with E-state index in [0.717, 1.165) is 16.7 Å². The van der Waals surface area contributed by atoms with E-state index >= 15 is 0 Å². The van der Waals surface area contributed by atoms with Gasteiger partial charge in [-0.15, -0.1) is 0 Å². The second-order valence-electron chi connectivity index (χ2n) is 4.60. The number of hydrogen-bond acceptors (Lipinski definition) is 2. The fourth-order valence-corrected chi connectivity index (χ4v) is 1.91. The van der Waals surface area contributed by atoms with Crippen LogP contribution in [0.15, 0.2) is 18.3 Å². The molecule has 0 spiro atoms. The summed E-state index contributed by atoms with van der Waals surface area (Å²) >= 11 is 0. The number of halogens is 6. The van der Waals surface area contributed by atoms with Crippen molar-refractivity contribution in [3.05, 3.63) is 35.7 Å². The third-order valence-corrected chi connectivity index (χ3v) is 3.01. The molecule has 3 N–H and O–H groups in total. The lowest BCUT2D eigenvalue weighted by Gasteiger charge is -2.18. The van der Waals surface area contributed by atoms with Crippen molar-refractivity contribution in [2.45, 2.75) is 24.9 Å². The van der Waals surface area contributed by atoms with E-state index < -0.39 is 36.6 Å². The SMILES string of the molecule is N=C(N)c1nc(CCC(F)(F)C(F)(F)F)n2cc(F)ccc12. The van der Waals surface area contributed by atoms with Gasteiger partial charge in [-0.3, -0.25) is 5.41 Å². The van der Waals surface area contributed by atoms with Gasteiger partial charge in [0, 0.05) is 19.0 Å². The van der Waals surface area contributed by atoms with Crippen LogP contribution in [0.5, 0.6) is 0 Å². The molecule has 0 aromatic carbocycles. The number of alkyl halides is 5. The lowest BCUT2D eigenvalue weighted by Crippen LogP contribution is -2.36. The molecule has 0 amide bonds. The molecular weight excluding hydrogens is 314 g/mol. The predicted octanol–water partition coefficient (Wildman–Crippen LogP) is 2.89. The van der Waals surface area contributed by atoms with E-state index in [2.05, 4.69) is 4.98 Å². The standard InChI is InChI=1S/C12H10F6N4/c13-6-1-2-7-9(10(19)20)21-8(22(7)5-6)3-4-11(14,15)12(16,17)18/h1-2,5H,3-4H2,(H3,19,20). The van der Waals surface area contributed by atoms with Crippen LogP contribution in [0.1, 0.15) is 17.9 Å². The fraction of sp³-hybridized carbons (Fsp3) is 0.333. The van der Waals surface area contributed by atoms with E-state index in [1.54, 1.807) is 0 Å². The maximum atomic E-state index is 13.2. The molecule has 2 aromatic heterocycles. The van der Waals surface area contributed by atoms with Gasteiger partial charge in [-0.2, -0.15) is 22.0 Å². The molecule has 0 aliphatic carbocycles. The molecule has 0 aliphatic heterocycles. The summed E-state index contributed by atoms with van der Waals surface area (Å²) in [6.07, 6.45) is -7.08. The summed E-state index contributed by atoms with van der Waals surface area (Å²) in [7, 11) is 0. The normalized spacial score (nSPS) is 12.8. The highest BCUT2D eigenvalue weighted by Gasteiger charge is 2.56. The monoisotopic (exact) mass is 324 g/mol. The van der Waals surface area contributed by atoms with Crippen molar-refractivity contribution < 1.29 is 26.3 Å². The average Bonchev–Trinajstić information content (AvgIpc) is 2.73. The summed E-state index contributed by atoms with van der Waals surface area (Å²) in [6, 6.07) is 2.25. The molecule has 2 rings (SSSR count). The third kappa shape index (κ3) is 2.85. The highest BCUT2D eigenvalue weighted by Crippen LogP contribution is 2.38. The van der Waals surface area contributed by atoms with Crippen molar-refractivity contribution in [2.75, 3.05) is 0 Å². The number of nitrogens with one attached hydrogen (secondary N) is 1. The smallest absolute Gasteiger partial charge is 0.382 e. The van der Waals surface area contributed by atoms with Gasteiger partial charge in [-0.05, 0) is 12.1 Å². The lowest BCUT2D eigenvalue weighted by molar-refractivity contribution is -0.284. The molecule has 2 aromatic rings. The molecule has 10 heteroatoms. The van der Waals surface area contributed by atoms with Gasteiger partial charge in [-0.25, -0.2) is 9.37 Å². The van der Waals surface area contributed by atoms with Gasteiger partial charge in [0.1, 0.15) is 23.2 Å². The van der Waals surface area contributed by atoms with Crippen LogP contribution in [-0.2, 0) is 6.42 Å². The Morgan fingerprint density at radius 1 is 1.23 bits per heavy atom. The van der Waals surface area contributed by atoms with E-state index in [9.17, 15) is 26.3 Å². The van der Waals surface area contributed by atoms with E-state index in [4.69, 9.17) is 11.1 Å². The first kappa shape index (κ1) is 16.1. The summed E-state index contributed by atoms with van der Waals surface area (Å²) in [5, 5.41) is 7.32. The van der Waals surface area contributed by atoms with Gasteiger partial charge in [0.05, 0.1) is 5.52 Å². The zero-order chi connectivity index (χ0) is 16.7. The van der Waals surface area contributed by atoms with Crippen molar-refractivity contribution in [1.82, 2.24) is 9.38 Å². The molecule has 0 fully saturated rings. The zero-order valence-electron chi connectivity index (χ0n) is 10.9. The number of hydrogen-bond donors (Lipinski definition) is 2. The second-order valence-corrected chi connectivity index (χ2v) is 4.60. The van der Waals surface area contributed by atoms with Crippen LogP contribution in [0, 0.1) is 11.2 Å². The first-order valence-corrected chi connectivity index (χ1v) is 5.98. The summed E-state index contributed by atoms with van der Waals surface area (Å²) in [5.74, 6) is -6.35. The quantitative estimate of drug-likeness (QED) is 0.516. The predicted molar refractivity (Wildman–Crippen MR) is 65.5 cm³/mol. The third-order valence-electron chi connectivity index (χ3n) is 3.01. The fourth-order valence-electron chi connectivity index (χ4n) is 1.91. The van der Waals surface area contributed by atoms with Crippen molar-refractivity contribution in [1.29, 1.82) is 5.41 Å². The van der Waals surface area contributed by atoms with E-state index in [0.29, 0.717) is 0 Å². The number of fused-ring (bicyclic) bond motifs is 1. The van der Waals surface area contributed by atoms with Crippen LogP contribution >= 0.6 is 0 Å². The zero-order valence-corrected chi connectivity index (χ0v) is 10.9. The molecule has 0 atom stereocenters. The molecule has 0 saturated heterocycles. The summed E-state index contributed by atoms with van der Waals surface area (Å²) < 4.78 is 76.6. The summed E-state index contributed by atoms with van der Waals surface area (Å²) in [5.41, 5.74) is 5.31. The van der Waals surface area contributed by atoms with E-state index in [-0.39, 0.29) is 17.0 Å². The van der Waals surface area contributed by atoms with Gasteiger partial charge >= 0.3 is 12.1 Å². The first-order valence-electron chi connectivity index (χ1n) is 5.98. The Kier molecular flexibility index (Phi) is 3.80. The number of pyridine rings is 1. The number of amidine groups is 1. The minimum atomic E-state index is -5.67. The number of imidazole rings is 1. The van der Waals surface area contributed by atoms with Crippen LogP contribution in [-0.4, -0.2) is 27.3 Å². The minimum Gasteiger partial charge on any atom is -0.382 e. The lowest BCUT2D eigenvalue weighted by atomic mass is 10.1. The molecule has 22 heavy (non-hydrogen) atoms. The maximum Gasteiger partial charge on any atom is 0.453 e. The van der Waals surface area contributed by atoms with Crippen LogP contribution in [0.25, 0.3) is 5.52 Å². The minimum absolute atomic E-state index is 0.106. The van der Waals surface area contributed by atoms with E-state index in [1.165, 1.54) is 6.07 Å². The van der Waals surface area contributed by atoms with Crippen molar-refractivity contribution in [3.8, 4) is 0 Å². The highest BCUT2D eigenvalue weighted by atomic mass is 19.4. The molecule has 0 radical (unpaired) electrons. The second kappa shape index (κ2) is 5.18. The Hall–Kier alpha value is -2.26. The van der Waals surface area contributed by atoms with Crippen LogP contribution in [0.4, 0.5) is 26.3 Å². The average molecular weight is 324 g/mol. The number of aromatic nitrogens is 2. The van der Waals surface area contributed by atoms with E-state index in [1.807, 2.05) is 0 Å². The molecule has 0 bridgehead atoms. The van der Waals surface area contributed by atoms with Gasteiger partial charge in [0.2, 0.25) is 0 Å². The summed E-state index contributed by atoms with van der Waals surface area (Å²) in [6.45, 7) is 0.